The fraction of sp³-hybridized carbons (Fsp3) is 0.867. The summed E-state index contributed by atoms with van der Waals surface area (Å²) in [5.41, 5.74) is -0.774. The number of amides is 1. The molecule has 0 heterocycles. The topological polar surface area (TPSA) is 57.6 Å². The first-order valence-corrected chi connectivity index (χ1v) is 7.32. The predicted octanol–water partition coefficient (Wildman–Crippen LogP) is 2.81. The predicted molar refractivity (Wildman–Crippen MR) is 72.8 cm³/mol. The van der Waals surface area contributed by atoms with Crippen LogP contribution in [0.4, 0.5) is 0 Å². The van der Waals surface area contributed by atoms with Crippen LogP contribution < -0.4 is 0 Å². The zero-order valence-corrected chi connectivity index (χ0v) is 12.2. The highest BCUT2D eigenvalue weighted by molar-refractivity contribution is 5.86. The van der Waals surface area contributed by atoms with E-state index < -0.39 is 11.5 Å². The van der Waals surface area contributed by atoms with Gasteiger partial charge in [-0.25, -0.2) is 4.79 Å². The number of nitrogens with zero attached hydrogens (tertiary/aromatic N) is 1. The molecule has 1 amide bonds. The standard InChI is InChI=1S/C15H25NO3/c1-11(17)16(12-5-6-12)15(13(18)19)8-4-7-14(2,3)9-10-15/h12H,4-10H2,1-3H3,(H,18,19). The van der Waals surface area contributed by atoms with Crippen LogP contribution in [0.1, 0.15) is 65.7 Å². The molecule has 4 nitrogen and oxygen atoms in total. The van der Waals surface area contributed by atoms with Gasteiger partial charge in [-0.2, -0.15) is 0 Å². The lowest BCUT2D eigenvalue weighted by Gasteiger charge is -2.40. The van der Waals surface area contributed by atoms with Crippen LogP contribution in [0.2, 0.25) is 0 Å². The molecule has 19 heavy (non-hydrogen) atoms. The summed E-state index contributed by atoms with van der Waals surface area (Å²) in [4.78, 5) is 25.6. The van der Waals surface area contributed by atoms with Gasteiger partial charge in [0, 0.05) is 13.0 Å². The minimum atomic E-state index is -0.958. The molecule has 4 heteroatoms. The summed E-state index contributed by atoms with van der Waals surface area (Å²) in [5.74, 6) is -0.892. The molecule has 2 rings (SSSR count). The second-order valence-corrected chi connectivity index (χ2v) is 6.97. The number of carboxylic acids is 1. The maximum Gasteiger partial charge on any atom is 0.329 e. The van der Waals surface area contributed by atoms with Crippen LogP contribution >= 0.6 is 0 Å². The molecule has 0 saturated heterocycles. The van der Waals surface area contributed by atoms with E-state index in [4.69, 9.17) is 0 Å². The Morgan fingerprint density at radius 1 is 1.11 bits per heavy atom. The molecule has 2 aliphatic carbocycles. The van der Waals surface area contributed by atoms with E-state index in [2.05, 4.69) is 13.8 Å². The molecule has 0 bridgehead atoms. The van der Waals surface area contributed by atoms with Crippen LogP contribution in [-0.2, 0) is 9.59 Å². The van der Waals surface area contributed by atoms with Crippen LogP contribution in [0.5, 0.6) is 0 Å². The fourth-order valence-electron chi connectivity index (χ4n) is 3.45. The van der Waals surface area contributed by atoms with Crippen molar-refractivity contribution < 1.29 is 14.7 Å². The van der Waals surface area contributed by atoms with E-state index in [1.807, 2.05) is 0 Å². The number of rotatable bonds is 3. The van der Waals surface area contributed by atoms with Crippen molar-refractivity contribution in [1.82, 2.24) is 4.90 Å². The minimum Gasteiger partial charge on any atom is -0.479 e. The third-order valence-corrected chi connectivity index (χ3v) is 4.77. The molecular weight excluding hydrogens is 242 g/mol. The van der Waals surface area contributed by atoms with Crippen molar-refractivity contribution in [2.75, 3.05) is 0 Å². The van der Waals surface area contributed by atoms with Crippen LogP contribution in [0.25, 0.3) is 0 Å². The zero-order valence-electron chi connectivity index (χ0n) is 12.2. The van der Waals surface area contributed by atoms with E-state index in [9.17, 15) is 14.7 Å². The number of aliphatic carboxylic acids is 1. The van der Waals surface area contributed by atoms with Crippen molar-refractivity contribution in [2.45, 2.75) is 77.3 Å². The molecule has 0 aromatic rings. The molecule has 0 spiro atoms. The minimum absolute atomic E-state index is 0.0791. The van der Waals surface area contributed by atoms with Gasteiger partial charge in [0.25, 0.3) is 0 Å². The lowest BCUT2D eigenvalue weighted by atomic mass is 9.82. The Labute approximate surface area is 115 Å². The van der Waals surface area contributed by atoms with Crippen molar-refractivity contribution in [3.05, 3.63) is 0 Å². The second-order valence-electron chi connectivity index (χ2n) is 6.97. The fourth-order valence-corrected chi connectivity index (χ4v) is 3.45. The first kappa shape index (κ1) is 14.4. The Balaban J connectivity index is 2.31. The summed E-state index contributed by atoms with van der Waals surface area (Å²) in [5, 5.41) is 9.79. The van der Waals surface area contributed by atoms with Gasteiger partial charge in [-0.15, -0.1) is 0 Å². The molecule has 2 aliphatic rings. The molecule has 2 saturated carbocycles. The number of carbonyl (C=O) groups is 2. The van der Waals surface area contributed by atoms with Gasteiger partial charge >= 0.3 is 5.97 Å². The van der Waals surface area contributed by atoms with E-state index >= 15 is 0 Å². The number of hydrogen-bond acceptors (Lipinski definition) is 2. The Kier molecular flexibility index (Phi) is 3.63. The summed E-state index contributed by atoms with van der Waals surface area (Å²) in [6.07, 6.45) is 5.90. The third-order valence-electron chi connectivity index (χ3n) is 4.77. The average molecular weight is 267 g/mol. The highest BCUT2D eigenvalue weighted by atomic mass is 16.4. The summed E-state index contributed by atoms with van der Waals surface area (Å²) in [7, 11) is 0. The van der Waals surface area contributed by atoms with Gasteiger partial charge in [0.1, 0.15) is 5.54 Å². The SMILES string of the molecule is CC(=O)N(C1CC1)C1(C(=O)O)CCCC(C)(C)CC1. The largest absolute Gasteiger partial charge is 0.479 e. The van der Waals surface area contributed by atoms with E-state index in [0.717, 1.165) is 32.1 Å². The Bertz CT molecular complexity index is 387. The van der Waals surface area contributed by atoms with Crippen molar-refractivity contribution >= 4 is 11.9 Å². The van der Waals surface area contributed by atoms with Crippen molar-refractivity contribution in [3.8, 4) is 0 Å². The maximum atomic E-state index is 12.0. The Morgan fingerprint density at radius 2 is 1.74 bits per heavy atom. The lowest BCUT2D eigenvalue weighted by Crippen LogP contribution is -2.57. The van der Waals surface area contributed by atoms with Gasteiger partial charge < -0.3 is 10.0 Å². The number of hydrogen-bond donors (Lipinski definition) is 1. The lowest BCUT2D eigenvalue weighted by molar-refractivity contribution is -0.160. The van der Waals surface area contributed by atoms with Crippen molar-refractivity contribution in [1.29, 1.82) is 0 Å². The monoisotopic (exact) mass is 267 g/mol. The van der Waals surface area contributed by atoms with E-state index in [-0.39, 0.29) is 17.4 Å². The van der Waals surface area contributed by atoms with Gasteiger partial charge in [0.2, 0.25) is 5.91 Å². The molecule has 1 atom stereocenters. The summed E-state index contributed by atoms with van der Waals surface area (Å²) in [6.45, 7) is 5.90. The van der Waals surface area contributed by atoms with Gasteiger partial charge in [-0.3, -0.25) is 4.79 Å². The average Bonchev–Trinajstić information content (AvgIpc) is 3.08. The number of carboxylic acid groups (broad SMARTS) is 1. The van der Waals surface area contributed by atoms with Gasteiger partial charge in [0.05, 0.1) is 0 Å². The molecular formula is C15H25NO3. The van der Waals surface area contributed by atoms with Crippen LogP contribution in [0.3, 0.4) is 0 Å². The molecule has 2 fully saturated rings. The maximum absolute atomic E-state index is 12.0. The third kappa shape index (κ3) is 2.77. The Hall–Kier alpha value is -1.06. The second kappa shape index (κ2) is 4.80. The molecule has 0 aromatic carbocycles. The van der Waals surface area contributed by atoms with E-state index in [0.29, 0.717) is 12.8 Å². The van der Waals surface area contributed by atoms with Crippen molar-refractivity contribution in [2.24, 2.45) is 5.41 Å². The van der Waals surface area contributed by atoms with Gasteiger partial charge in [-0.05, 0) is 50.4 Å². The summed E-state index contributed by atoms with van der Waals surface area (Å²) in [6, 6.07) is 0.162. The number of carbonyl (C=O) groups excluding carboxylic acids is 1. The quantitative estimate of drug-likeness (QED) is 0.800. The molecule has 0 aliphatic heterocycles. The Morgan fingerprint density at radius 3 is 2.21 bits per heavy atom. The summed E-state index contributed by atoms with van der Waals surface area (Å²) < 4.78 is 0. The van der Waals surface area contributed by atoms with E-state index in [1.165, 1.54) is 6.92 Å². The zero-order chi connectivity index (χ0) is 14.3. The summed E-state index contributed by atoms with van der Waals surface area (Å²) >= 11 is 0. The van der Waals surface area contributed by atoms with Crippen LogP contribution in [0.15, 0.2) is 0 Å². The molecule has 0 radical (unpaired) electrons. The molecule has 0 aromatic heterocycles. The van der Waals surface area contributed by atoms with Crippen molar-refractivity contribution in [3.63, 3.8) is 0 Å². The van der Waals surface area contributed by atoms with Gasteiger partial charge in [-0.1, -0.05) is 13.8 Å². The highest BCUT2D eigenvalue weighted by Crippen LogP contribution is 2.44. The normalized spacial score (nSPS) is 30.5. The highest BCUT2D eigenvalue weighted by Gasteiger charge is 2.52. The molecule has 1 unspecified atom stereocenters. The first-order valence-electron chi connectivity index (χ1n) is 7.32. The van der Waals surface area contributed by atoms with Crippen LogP contribution in [0, 0.1) is 5.41 Å². The smallest absolute Gasteiger partial charge is 0.329 e. The van der Waals surface area contributed by atoms with Crippen LogP contribution in [-0.4, -0.2) is 33.5 Å². The molecule has 1 N–H and O–H groups in total. The van der Waals surface area contributed by atoms with E-state index in [1.54, 1.807) is 4.90 Å². The first-order chi connectivity index (χ1) is 8.78. The van der Waals surface area contributed by atoms with Gasteiger partial charge in [0.15, 0.2) is 0 Å². The molecule has 108 valence electrons.